The quantitative estimate of drug-likeness (QED) is 0.760. The fraction of sp³-hybridized carbons (Fsp3) is 0.462. The van der Waals surface area contributed by atoms with Crippen molar-refractivity contribution in [3.63, 3.8) is 0 Å². The number of ketones is 1. The van der Waals surface area contributed by atoms with Crippen LogP contribution in [0.15, 0.2) is 24.3 Å². The molecule has 0 bridgehead atoms. The molecule has 0 radical (unpaired) electrons. The van der Waals surface area contributed by atoms with Crippen LogP contribution >= 0.6 is 0 Å². The molecule has 0 fully saturated rings. The second-order valence-corrected chi connectivity index (χ2v) is 4.70. The number of Topliss-reactive ketones (excluding diaryl/α,β-unsaturated/α-hetero) is 1. The molecule has 2 nitrogen and oxygen atoms in total. The van der Waals surface area contributed by atoms with Gasteiger partial charge < -0.3 is 4.74 Å². The van der Waals surface area contributed by atoms with Crippen LogP contribution in [0.3, 0.4) is 0 Å². The smallest absolute Gasteiger partial charge is 0.134 e. The molecule has 0 aliphatic rings. The van der Waals surface area contributed by atoms with E-state index in [-0.39, 0.29) is 11.4 Å². The monoisotopic (exact) mass is 206 g/mol. The minimum atomic E-state index is -0.229. The van der Waals surface area contributed by atoms with Gasteiger partial charge in [0.15, 0.2) is 0 Å². The zero-order valence-corrected chi connectivity index (χ0v) is 9.83. The topological polar surface area (TPSA) is 26.3 Å². The van der Waals surface area contributed by atoms with Crippen molar-refractivity contribution in [2.75, 3.05) is 0 Å². The standard InChI is InChI=1S/C13H18O2/c1-10(14)9-11-7-5-6-8-12(11)15-13(2,3)4/h5-8H,9H2,1-4H3. The lowest BCUT2D eigenvalue weighted by Crippen LogP contribution is -2.23. The van der Waals surface area contributed by atoms with Gasteiger partial charge in [-0.05, 0) is 33.8 Å². The average Bonchev–Trinajstić information content (AvgIpc) is 2.05. The van der Waals surface area contributed by atoms with Gasteiger partial charge in [-0.1, -0.05) is 18.2 Å². The first-order valence-electron chi connectivity index (χ1n) is 5.15. The van der Waals surface area contributed by atoms with E-state index in [1.165, 1.54) is 0 Å². The van der Waals surface area contributed by atoms with E-state index in [4.69, 9.17) is 4.74 Å². The summed E-state index contributed by atoms with van der Waals surface area (Å²) in [4.78, 5) is 11.1. The van der Waals surface area contributed by atoms with Crippen molar-refractivity contribution in [1.29, 1.82) is 0 Å². The minimum absolute atomic E-state index is 0.153. The van der Waals surface area contributed by atoms with Gasteiger partial charge in [0.05, 0.1) is 0 Å². The highest BCUT2D eigenvalue weighted by atomic mass is 16.5. The van der Waals surface area contributed by atoms with Crippen LogP contribution in [-0.4, -0.2) is 11.4 Å². The summed E-state index contributed by atoms with van der Waals surface area (Å²) in [5, 5.41) is 0. The highest BCUT2D eigenvalue weighted by Gasteiger charge is 2.14. The molecule has 0 aliphatic carbocycles. The van der Waals surface area contributed by atoms with Gasteiger partial charge >= 0.3 is 0 Å². The van der Waals surface area contributed by atoms with Crippen LogP contribution in [0.25, 0.3) is 0 Å². The molecule has 1 aromatic rings. The Labute approximate surface area is 91.3 Å². The predicted molar refractivity (Wildman–Crippen MR) is 61.2 cm³/mol. The normalized spacial score (nSPS) is 11.2. The zero-order chi connectivity index (χ0) is 11.5. The van der Waals surface area contributed by atoms with E-state index in [0.29, 0.717) is 6.42 Å². The number of rotatable bonds is 3. The van der Waals surface area contributed by atoms with Crippen LogP contribution in [0.1, 0.15) is 33.3 Å². The van der Waals surface area contributed by atoms with Gasteiger partial charge in [-0.25, -0.2) is 0 Å². The molecule has 0 unspecified atom stereocenters. The highest BCUT2D eigenvalue weighted by molar-refractivity contribution is 5.78. The maximum Gasteiger partial charge on any atom is 0.134 e. The molecule has 0 N–H and O–H groups in total. The number of para-hydroxylation sites is 1. The van der Waals surface area contributed by atoms with Crippen LogP contribution in [0.5, 0.6) is 5.75 Å². The lowest BCUT2D eigenvalue weighted by Gasteiger charge is -2.23. The van der Waals surface area contributed by atoms with E-state index in [9.17, 15) is 4.79 Å². The summed E-state index contributed by atoms with van der Waals surface area (Å²) in [5.74, 6) is 0.958. The van der Waals surface area contributed by atoms with Crippen molar-refractivity contribution in [3.8, 4) is 5.75 Å². The van der Waals surface area contributed by atoms with Gasteiger partial charge in [-0.15, -0.1) is 0 Å². The Morgan fingerprint density at radius 2 is 1.87 bits per heavy atom. The molecule has 0 saturated heterocycles. The van der Waals surface area contributed by atoms with Crippen molar-refractivity contribution < 1.29 is 9.53 Å². The molecule has 0 amide bonds. The number of benzene rings is 1. The van der Waals surface area contributed by atoms with Crippen molar-refractivity contribution in [3.05, 3.63) is 29.8 Å². The van der Waals surface area contributed by atoms with Gasteiger partial charge in [0.1, 0.15) is 17.1 Å². The molecule has 0 saturated carbocycles. The van der Waals surface area contributed by atoms with E-state index < -0.39 is 0 Å². The lowest BCUT2D eigenvalue weighted by molar-refractivity contribution is -0.116. The van der Waals surface area contributed by atoms with Crippen molar-refractivity contribution in [2.24, 2.45) is 0 Å². The molecule has 0 aromatic heterocycles. The van der Waals surface area contributed by atoms with Crippen LogP contribution < -0.4 is 4.74 Å². The summed E-state index contributed by atoms with van der Waals surface area (Å²) >= 11 is 0. The molecular weight excluding hydrogens is 188 g/mol. The molecule has 1 rings (SSSR count). The number of carbonyl (C=O) groups is 1. The van der Waals surface area contributed by atoms with Crippen molar-refractivity contribution in [1.82, 2.24) is 0 Å². The Morgan fingerprint density at radius 3 is 2.40 bits per heavy atom. The predicted octanol–water partition coefficient (Wildman–Crippen LogP) is 3.00. The first-order valence-corrected chi connectivity index (χ1v) is 5.15. The summed E-state index contributed by atoms with van der Waals surface area (Å²) in [5.41, 5.74) is 0.729. The van der Waals surface area contributed by atoms with Crippen molar-refractivity contribution >= 4 is 5.78 Å². The van der Waals surface area contributed by atoms with E-state index in [0.717, 1.165) is 11.3 Å². The van der Waals surface area contributed by atoms with Crippen molar-refractivity contribution in [2.45, 2.75) is 39.7 Å². The fourth-order valence-electron chi connectivity index (χ4n) is 1.35. The second-order valence-electron chi connectivity index (χ2n) is 4.70. The number of carbonyl (C=O) groups excluding carboxylic acids is 1. The molecule has 0 atom stereocenters. The van der Waals surface area contributed by atoms with Crippen LogP contribution in [0.4, 0.5) is 0 Å². The Bertz CT molecular complexity index is 348. The van der Waals surface area contributed by atoms with Gasteiger partial charge in [-0.3, -0.25) is 4.79 Å². The van der Waals surface area contributed by atoms with E-state index in [1.807, 2.05) is 45.0 Å². The number of hydrogen-bond acceptors (Lipinski definition) is 2. The zero-order valence-electron chi connectivity index (χ0n) is 9.83. The Morgan fingerprint density at radius 1 is 1.27 bits per heavy atom. The number of ether oxygens (including phenoxy) is 1. The minimum Gasteiger partial charge on any atom is -0.488 e. The van der Waals surface area contributed by atoms with Gasteiger partial charge in [-0.2, -0.15) is 0 Å². The van der Waals surface area contributed by atoms with Gasteiger partial charge in [0, 0.05) is 12.0 Å². The molecule has 0 spiro atoms. The van der Waals surface area contributed by atoms with Crippen LogP contribution in [0.2, 0.25) is 0 Å². The average molecular weight is 206 g/mol. The third-order valence-corrected chi connectivity index (χ3v) is 1.83. The highest BCUT2D eigenvalue weighted by Crippen LogP contribution is 2.23. The van der Waals surface area contributed by atoms with Gasteiger partial charge in [0.25, 0.3) is 0 Å². The Kier molecular flexibility index (Phi) is 3.51. The molecule has 1 aromatic carbocycles. The van der Waals surface area contributed by atoms with Crippen LogP contribution in [-0.2, 0) is 11.2 Å². The number of hydrogen-bond donors (Lipinski definition) is 0. The molecule has 82 valence electrons. The molecule has 0 aliphatic heterocycles. The lowest BCUT2D eigenvalue weighted by atomic mass is 10.1. The fourth-order valence-corrected chi connectivity index (χ4v) is 1.35. The second kappa shape index (κ2) is 4.47. The van der Waals surface area contributed by atoms with Crippen LogP contribution in [0, 0.1) is 0 Å². The maximum absolute atomic E-state index is 11.1. The summed E-state index contributed by atoms with van der Waals surface area (Å²) in [6.07, 6.45) is 0.437. The molecule has 2 heteroatoms. The molecular formula is C13H18O2. The third-order valence-electron chi connectivity index (χ3n) is 1.83. The SMILES string of the molecule is CC(=O)Cc1ccccc1OC(C)(C)C. The summed E-state index contributed by atoms with van der Waals surface area (Å²) < 4.78 is 5.78. The Hall–Kier alpha value is -1.31. The summed E-state index contributed by atoms with van der Waals surface area (Å²) in [7, 11) is 0. The van der Waals surface area contributed by atoms with Gasteiger partial charge in [0.2, 0.25) is 0 Å². The maximum atomic E-state index is 11.1. The summed E-state index contributed by atoms with van der Waals surface area (Å²) in [6, 6.07) is 7.69. The Balaban J connectivity index is 2.91. The first kappa shape index (κ1) is 11.8. The largest absolute Gasteiger partial charge is 0.488 e. The van der Waals surface area contributed by atoms with E-state index in [2.05, 4.69) is 0 Å². The first-order chi connectivity index (χ1) is 6.88. The summed E-state index contributed by atoms with van der Waals surface area (Å²) in [6.45, 7) is 7.58. The van der Waals surface area contributed by atoms with E-state index in [1.54, 1.807) is 6.92 Å². The van der Waals surface area contributed by atoms with E-state index >= 15 is 0 Å². The molecule has 15 heavy (non-hydrogen) atoms. The third kappa shape index (κ3) is 4.15. The molecule has 0 heterocycles.